The van der Waals surface area contributed by atoms with Crippen LogP contribution >= 0.6 is 0 Å². The third-order valence-corrected chi connectivity index (χ3v) is 3.58. The van der Waals surface area contributed by atoms with Crippen LogP contribution in [0.4, 0.5) is 4.39 Å². The van der Waals surface area contributed by atoms with Gasteiger partial charge in [-0.1, -0.05) is 19.1 Å². The van der Waals surface area contributed by atoms with Gasteiger partial charge in [-0.25, -0.2) is 4.39 Å². The van der Waals surface area contributed by atoms with E-state index in [0.717, 1.165) is 17.7 Å². The lowest BCUT2D eigenvalue weighted by Crippen LogP contribution is -2.08. The second-order valence-electron chi connectivity index (χ2n) is 5.11. The highest BCUT2D eigenvalue weighted by atomic mass is 19.1. The van der Waals surface area contributed by atoms with Gasteiger partial charge in [-0.05, 0) is 48.4 Å². The summed E-state index contributed by atoms with van der Waals surface area (Å²) in [6.45, 7) is 2.01. The van der Waals surface area contributed by atoms with Gasteiger partial charge in [0.25, 0.3) is 0 Å². The SMILES string of the molecule is CCc1ccc(-n2cccc2)c(C(=O)C(/C=C\C=C\OC)=C\F)c1. The van der Waals surface area contributed by atoms with Gasteiger partial charge in [0, 0.05) is 18.0 Å². The summed E-state index contributed by atoms with van der Waals surface area (Å²) >= 11 is 0. The molecule has 0 amide bonds. The van der Waals surface area contributed by atoms with Crippen molar-refractivity contribution in [1.29, 1.82) is 0 Å². The van der Waals surface area contributed by atoms with E-state index < -0.39 is 0 Å². The topological polar surface area (TPSA) is 31.2 Å². The summed E-state index contributed by atoms with van der Waals surface area (Å²) in [6, 6.07) is 9.44. The highest BCUT2D eigenvalue weighted by molar-refractivity contribution is 6.12. The Bertz CT molecular complexity index is 771. The number of halogens is 1. The van der Waals surface area contributed by atoms with E-state index >= 15 is 0 Å². The van der Waals surface area contributed by atoms with E-state index in [9.17, 15) is 9.18 Å². The van der Waals surface area contributed by atoms with Crippen molar-refractivity contribution in [3.63, 3.8) is 0 Å². The molecule has 0 bridgehead atoms. The predicted octanol–water partition coefficient (Wildman–Crippen LogP) is 4.79. The van der Waals surface area contributed by atoms with E-state index in [1.807, 2.05) is 54.2 Å². The molecule has 2 aromatic rings. The molecule has 2 rings (SSSR count). The second-order valence-corrected chi connectivity index (χ2v) is 5.11. The average Bonchev–Trinajstić information content (AvgIpc) is 3.15. The van der Waals surface area contributed by atoms with Gasteiger partial charge >= 0.3 is 0 Å². The molecule has 1 heterocycles. The molecule has 0 aliphatic heterocycles. The minimum Gasteiger partial charge on any atom is -0.504 e. The third-order valence-electron chi connectivity index (χ3n) is 3.58. The molecule has 124 valence electrons. The molecular weight excluding hydrogens is 305 g/mol. The molecule has 24 heavy (non-hydrogen) atoms. The summed E-state index contributed by atoms with van der Waals surface area (Å²) in [5.74, 6) is -0.362. The standard InChI is InChI=1S/C20H20FNO2/c1-3-16-9-10-19(22-11-5-6-12-22)18(14-16)20(23)17(15-21)8-4-7-13-24-2/h4-15H,3H2,1-2H3/b8-4-,13-7+,17-15-. The van der Waals surface area contributed by atoms with Gasteiger partial charge in [-0.3, -0.25) is 4.79 Å². The number of Topliss-reactive ketones (excluding diaryl/α,β-unsaturated/α-hetero) is 1. The zero-order chi connectivity index (χ0) is 17.4. The van der Waals surface area contributed by atoms with Crippen LogP contribution in [0.1, 0.15) is 22.8 Å². The molecule has 1 aromatic heterocycles. The molecule has 0 fully saturated rings. The lowest BCUT2D eigenvalue weighted by Gasteiger charge is -2.12. The van der Waals surface area contributed by atoms with Gasteiger partial charge in [-0.15, -0.1) is 0 Å². The number of methoxy groups -OCH3 is 1. The number of hydrogen-bond donors (Lipinski definition) is 0. The van der Waals surface area contributed by atoms with Gasteiger partial charge in [0.05, 0.1) is 31.0 Å². The number of nitrogens with zero attached hydrogens (tertiary/aromatic N) is 1. The molecule has 0 spiro atoms. The molecular formula is C20H20FNO2. The van der Waals surface area contributed by atoms with Gasteiger partial charge in [0.2, 0.25) is 0 Å². The van der Waals surface area contributed by atoms with E-state index in [4.69, 9.17) is 4.74 Å². The van der Waals surface area contributed by atoms with Crippen LogP contribution < -0.4 is 0 Å². The largest absolute Gasteiger partial charge is 0.504 e. The lowest BCUT2D eigenvalue weighted by molar-refractivity contribution is 0.103. The predicted molar refractivity (Wildman–Crippen MR) is 94.0 cm³/mol. The minimum absolute atomic E-state index is 0.0163. The number of benzene rings is 1. The number of aryl methyl sites for hydroxylation is 1. The zero-order valence-corrected chi connectivity index (χ0v) is 13.8. The first kappa shape index (κ1) is 17.5. The number of ether oxygens (including phenoxy) is 1. The Morgan fingerprint density at radius 3 is 2.62 bits per heavy atom. The highest BCUT2D eigenvalue weighted by Crippen LogP contribution is 2.21. The Labute approximate surface area is 141 Å². The maximum atomic E-state index is 13.3. The number of carbonyl (C=O) groups excluding carboxylic acids is 1. The van der Waals surface area contributed by atoms with Crippen LogP contribution in [0.15, 0.2) is 79.1 Å². The molecule has 0 radical (unpaired) electrons. The summed E-state index contributed by atoms with van der Waals surface area (Å²) in [4.78, 5) is 12.8. The normalized spacial score (nSPS) is 12.2. The zero-order valence-electron chi connectivity index (χ0n) is 13.8. The van der Waals surface area contributed by atoms with Crippen LogP contribution in [0.3, 0.4) is 0 Å². The monoisotopic (exact) mass is 325 g/mol. The fourth-order valence-corrected chi connectivity index (χ4v) is 2.31. The Kier molecular flexibility index (Phi) is 6.32. The fraction of sp³-hybridized carbons (Fsp3) is 0.150. The van der Waals surface area contributed by atoms with Gasteiger partial charge in [-0.2, -0.15) is 0 Å². The van der Waals surface area contributed by atoms with Crippen molar-refractivity contribution in [2.24, 2.45) is 0 Å². The molecule has 0 saturated heterocycles. The lowest BCUT2D eigenvalue weighted by atomic mass is 9.98. The van der Waals surface area contributed by atoms with Crippen molar-refractivity contribution in [3.05, 3.63) is 90.2 Å². The van der Waals surface area contributed by atoms with Gasteiger partial charge < -0.3 is 9.30 Å². The van der Waals surface area contributed by atoms with Crippen molar-refractivity contribution in [2.45, 2.75) is 13.3 Å². The molecule has 0 aliphatic carbocycles. The third kappa shape index (κ3) is 4.10. The first-order chi connectivity index (χ1) is 11.7. The number of ketones is 1. The molecule has 0 aliphatic rings. The summed E-state index contributed by atoms with van der Waals surface area (Å²) in [7, 11) is 1.51. The van der Waals surface area contributed by atoms with E-state index in [0.29, 0.717) is 11.9 Å². The maximum Gasteiger partial charge on any atom is 0.197 e. The Morgan fingerprint density at radius 1 is 1.25 bits per heavy atom. The van der Waals surface area contributed by atoms with Crippen molar-refractivity contribution in [2.75, 3.05) is 7.11 Å². The molecule has 1 aromatic carbocycles. The molecule has 0 atom stereocenters. The summed E-state index contributed by atoms with van der Waals surface area (Å²) in [5.41, 5.74) is 2.20. The van der Waals surface area contributed by atoms with Crippen molar-refractivity contribution in [1.82, 2.24) is 4.57 Å². The second kappa shape index (κ2) is 8.67. The molecule has 0 saturated carbocycles. The highest BCUT2D eigenvalue weighted by Gasteiger charge is 2.16. The molecule has 4 heteroatoms. The average molecular weight is 325 g/mol. The van der Waals surface area contributed by atoms with E-state index in [1.54, 1.807) is 12.2 Å². The van der Waals surface area contributed by atoms with Crippen LogP contribution in [0.5, 0.6) is 0 Å². The summed E-state index contributed by atoms with van der Waals surface area (Å²) in [6.07, 6.45) is 10.9. The van der Waals surface area contributed by atoms with Crippen LogP contribution in [-0.4, -0.2) is 17.5 Å². The molecule has 0 unspecified atom stereocenters. The van der Waals surface area contributed by atoms with Crippen LogP contribution in [0.25, 0.3) is 5.69 Å². The van der Waals surface area contributed by atoms with E-state index in [-0.39, 0.29) is 11.4 Å². The first-order valence-corrected chi connectivity index (χ1v) is 7.68. The fourth-order valence-electron chi connectivity index (χ4n) is 2.31. The Balaban J connectivity index is 2.43. The minimum atomic E-state index is -0.362. The summed E-state index contributed by atoms with van der Waals surface area (Å²) in [5, 5.41) is 0. The van der Waals surface area contributed by atoms with E-state index in [1.165, 1.54) is 19.4 Å². The van der Waals surface area contributed by atoms with Crippen molar-refractivity contribution < 1.29 is 13.9 Å². The number of aromatic nitrogens is 1. The van der Waals surface area contributed by atoms with Gasteiger partial charge in [0.1, 0.15) is 0 Å². The molecule has 0 N–H and O–H groups in total. The van der Waals surface area contributed by atoms with Crippen molar-refractivity contribution in [3.8, 4) is 5.69 Å². The Hall–Kier alpha value is -2.88. The molecule has 3 nitrogen and oxygen atoms in total. The number of hydrogen-bond acceptors (Lipinski definition) is 2. The quantitative estimate of drug-likeness (QED) is 0.317. The Morgan fingerprint density at radius 2 is 2.00 bits per heavy atom. The van der Waals surface area contributed by atoms with Gasteiger partial charge in [0.15, 0.2) is 5.78 Å². The van der Waals surface area contributed by atoms with Crippen LogP contribution in [-0.2, 0) is 11.2 Å². The number of carbonyl (C=O) groups is 1. The number of rotatable bonds is 7. The van der Waals surface area contributed by atoms with E-state index in [2.05, 4.69) is 0 Å². The van der Waals surface area contributed by atoms with Crippen molar-refractivity contribution >= 4 is 5.78 Å². The summed E-state index contributed by atoms with van der Waals surface area (Å²) < 4.78 is 19.9. The number of allylic oxidation sites excluding steroid dienone is 4. The van der Waals surface area contributed by atoms with Crippen LogP contribution in [0.2, 0.25) is 0 Å². The smallest absolute Gasteiger partial charge is 0.197 e. The van der Waals surface area contributed by atoms with Crippen LogP contribution in [0, 0.1) is 0 Å². The first-order valence-electron chi connectivity index (χ1n) is 7.68. The maximum absolute atomic E-state index is 13.3.